The van der Waals surface area contributed by atoms with Gasteiger partial charge in [-0.1, -0.05) is 18.2 Å². The van der Waals surface area contributed by atoms with E-state index in [0.717, 1.165) is 22.3 Å². The maximum absolute atomic E-state index is 4.67. The molecule has 1 aliphatic rings. The average Bonchev–Trinajstić information content (AvgIpc) is 2.54. The maximum Gasteiger partial charge on any atom is 0.0771 e. The number of para-hydroxylation sites is 1. The molecule has 0 fully saturated rings. The Labute approximate surface area is 159 Å². The summed E-state index contributed by atoms with van der Waals surface area (Å²) in [6.45, 7) is 12.1. The topological polar surface area (TPSA) is 15.6 Å². The Morgan fingerprint density at radius 2 is 1.88 bits per heavy atom. The Morgan fingerprint density at radius 1 is 1.16 bits per heavy atom. The number of benzene rings is 2. The largest absolute Gasteiger partial charge is 0.363 e. The first kappa shape index (κ1) is 17.9. The summed E-state index contributed by atoms with van der Waals surface area (Å²) in [4.78, 5) is 7.14. The summed E-state index contributed by atoms with van der Waals surface area (Å²) in [6, 6.07) is 12.6. The van der Waals surface area contributed by atoms with Gasteiger partial charge in [-0.3, -0.25) is 4.99 Å². The number of hydrogen-bond acceptors (Lipinski definition) is 2. The summed E-state index contributed by atoms with van der Waals surface area (Å²) in [5.41, 5.74) is 7.37. The minimum Gasteiger partial charge on any atom is -0.363 e. The van der Waals surface area contributed by atoms with Gasteiger partial charge in [-0.05, 0) is 91.5 Å². The van der Waals surface area contributed by atoms with Gasteiger partial charge in [0.15, 0.2) is 0 Å². The first-order valence-corrected chi connectivity index (χ1v) is 9.53. The van der Waals surface area contributed by atoms with E-state index in [1.807, 2.05) is 30.5 Å². The Morgan fingerprint density at radius 3 is 2.56 bits per heavy atom. The summed E-state index contributed by atoms with van der Waals surface area (Å²) in [7, 11) is 0. The van der Waals surface area contributed by atoms with Gasteiger partial charge in [-0.15, -0.1) is 0 Å². The van der Waals surface area contributed by atoms with E-state index in [2.05, 4.69) is 78.6 Å². The van der Waals surface area contributed by atoms with Crippen molar-refractivity contribution < 1.29 is 0 Å². The second kappa shape index (κ2) is 6.80. The van der Waals surface area contributed by atoms with Crippen molar-refractivity contribution in [2.75, 3.05) is 11.4 Å². The smallest absolute Gasteiger partial charge is 0.0771 e. The Balaban J connectivity index is 2.05. The van der Waals surface area contributed by atoms with Gasteiger partial charge >= 0.3 is 0 Å². The molecule has 0 saturated carbocycles. The van der Waals surface area contributed by atoms with E-state index < -0.39 is 0 Å². The Kier molecular flexibility index (Phi) is 4.88. The van der Waals surface area contributed by atoms with Crippen LogP contribution < -0.4 is 4.90 Å². The highest BCUT2D eigenvalue weighted by atomic mass is 79.9. The molecule has 0 unspecified atom stereocenters. The van der Waals surface area contributed by atoms with E-state index in [9.17, 15) is 0 Å². The molecule has 2 aromatic carbocycles. The Hall–Kier alpha value is -1.87. The fraction of sp³-hybridized carbons (Fsp3) is 0.318. The molecule has 2 aromatic rings. The predicted molar refractivity (Wildman–Crippen MR) is 113 cm³/mol. The van der Waals surface area contributed by atoms with Gasteiger partial charge in [-0.2, -0.15) is 0 Å². The second-order valence-corrected chi connectivity index (χ2v) is 8.02. The third-order valence-electron chi connectivity index (χ3n) is 4.88. The molecule has 0 N–H and O–H groups in total. The van der Waals surface area contributed by atoms with Gasteiger partial charge < -0.3 is 4.90 Å². The molecule has 1 aliphatic heterocycles. The molecule has 0 spiro atoms. The average molecular weight is 397 g/mol. The predicted octanol–water partition coefficient (Wildman–Crippen LogP) is 6.53. The molecule has 130 valence electrons. The normalized spacial score (nSPS) is 16.1. The van der Waals surface area contributed by atoms with Gasteiger partial charge in [-0.25, -0.2) is 0 Å². The number of aryl methyl sites for hydroxylation is 1. The number of nitrogens with zero attached hydrogens (tertiary/aromatic N) is 2. The summed E-state index contributed by atoms with van der Waals surface area (Å²) in [6.07, 6.45) is 4.34. The van der Waals surface area contributed by atoms with Gasteiger partial charge in [0.05, 0.1) is 11.2 Å². The minimum atomic E-state index is 0.0444. The van der Waals surface area contributed by atoms with Gasteiger partial charge in [0.25, 0.3) is 0 Å². The molecule has 25 heavy (non-hydrogen) atoms. The van der Waals surface area contributed by atoms with Crippen LogP contribution in [0.1, 0.15) is 44.4 Å². The molecule has 0 radical (unpaired) electrons. The zero-order valence-corrected chi connectivity index (χ0v) is 17.2. The van der Waals surface area contributed by atoms with Crippen LogP contribution in [0.2, 0.25) is 0 Å². The highest BCUT2D eigenvalue weighted by molar-refractivity contribution is 9.10. The van der Waals surface area contributed by atoms with Crippen molar-refractivity contribution in [3.05, 3.63) is 63.6 Å². The Bertz CT molecular complexity index is 862. The lowest BCUT2D eigenvalue weighted by Gasteiger charge is -2.43. The van der Waals surface area contributed by atoms with Crippen LogP contribution in [0.15, 0.2) is 51.9 Å². The number of rotatable bonds is 3. The van der Waals surface area contributed by atoms with Crippen LogP contribution in [0.3, 0.4) is 0 Å². The quantitative estimate of drug-likeness (QED) is 0.538. The third kappa shape index (κ3) is 3.43. The fourth-order valence-corrected chi connectivity index (χ4v) is 4.04. The molecule has 0 atom stereocenters. The molecule has 0 amide bonds. The number of hydrogen-bond donors (Lipinski definition) is 0. The molecule has 0 bridgehead atoms. The van der Waals surface area contributed by atoms with Crippen LogP contribution in [-0.2, 0) is 0 Å². The highest BCUT2D eigenvalue weighted by Gasteiger charge is 2.30. The first-order valence-electron chi connectivity index (χ1n) is 8.74. The van der Waals surface area contributed by atoms with Crippen molar-refractivity contribution in [3.63, 3.8) is 0 Å². The van der Waals surface area contributed by atoms with Crippen molar-refractivity contribution >= 4 is 39.1 Å². The van der Waals surface area contributed by atoms with Crippen LogP contribution in [-0.4, -0.2) is 18.3 Å². The van der Waals surface area contributed by atoms with Crippen molar-refractivity contribution in [3.8, 4) is 0 Å². The summed E-state index contributed by atoms with van der Waals surface area (Å²) < 4.78 is 1.01. The van der Waals surface area contributed by atoms with Gasteiger partial charge in [0.2, 0.25) is 0 Å². The molecule has 2 nitrogen and oxygen atoms in total. The van der Waals surface area contributed by atoms with Gasteiger partial charge in [0, 0.05) is 28.5 Å². The number of likely N-dealkylation sites (N-methyl/N-ethyl adjacent to an activating group) is 1. The maximum atomic E-state index is 4.67. The number of allylic oxidation sites excluding steroid dienone is 1. The molecule has 0 saturated heterocycles. The first-order chi connectivity index (χ1) is 11.8. The number of fused-ring (bicyclic) bond motifs is 1. The van der Waals surface area contributed by atoms with E-state index in [0.29, 0.717) is 0 Å². The molecule has 0 aliphatic carbocycles. The zero-order chi connectivity index (χ0) is 18.2. The van der Waals surface area contributed by atoms with Crippen LogP contribution in [0.25, 0.3) is 5.57 Å². The highest BCUT2D eigenvalue weighted by Crippen LogP contribution is 2.40. The number of aliphatic imine (C=N–C) groups is 1. The van der Waals surface area contributed by atoms with E-state index in [-0.39, 0.29) is 5.54 Å². The molecular weight excluding hydrogens is 372 g/mol. The lowest BCUT2D eigenvalue weighted by Crippen LogP contribution is -2.45. The second-order valence-electron chi connectivity index (χ2n) is 7.16. The lowest BCUT2D eigenvalue weighted by atomic mass is 9.87. The minimum absolute atomic E-state index is 0.0444. The third-order valence-corrected chi connectivity index (χ3v) is 5.55. The molecule has 3 heteroatoms. The zero-order valence-electron chi connectivity index (χ0n) is 15.6. The molecular formula is C22H25BrN2. The number of halogens is 1. The standard InChI is InChI=1S/C22H25BrN2/c1-6-25-21-11-15(2)17(12-18(21)16(3)13-22(25,4)5)14-24-20-10-8-7-9-19(20)23/h7-14H,6H2,1-5H3. The van der Waals surface area contributed by atoms with Crippen LogP contribution in [0.4, 0.5) is 11.4 Å². The molecule has 0 aromatic heterocycles. The number of anilines is 1. The van der Waals surface area contributed by atoms with Crippen LogP contribution in [0, 0.1) is 6.92 Å². The van der Waals surface area contributed by atoms with E-state index in [1.54, 1.807) is 0 Å². The van der Waals surface area contributed by atoms with Crippen molar-refractivity contribution in [1.82, 2.24) is 0 Å². The fourth-order valence-electron chi connectivity index (χ4n) is 3.66. The van der Waals surface area contributed by atoms with Crippen LogP contribution >= 0.6 is 15.9 Å². The molecule has 1 heterocycles. The monoisotopic (exact) mass is 396 g/mol. The van der Waals surface area contributed by atoms with Crippen molar-refractivity contribution in [1.29, 1.82) is 0 Å². The van der Waals surface area contributed by atoms with Gasteiger partial charge in [0.1, 0.15) is 0 Å². The lowest BCUT2D eigenvalue weighted by molar-refractivity contribution is 0.566. The summed E-state index contributed by atoms with van der Waals surface area (Å²) >= 11 is 3.56. The van der Waals surface area contributed by atoms with Crippen molar-refractivity contribution in [2.24, 2.45) is 4.99 Å². The summed E-state index contributed by atoms with van der Waals surface area (Å²) in [5, 5.41) is 0. The van der Waals surface area contributed by atoms with E-state index in [4.69, 9.17) is 0 Å². The van der Waals surface area contributed by atoms with Crippen molar-refractivity contribution in [2.45, 2.75) is 40.2 Å². The van der Waals surface area contributed by atoms with Crippen LogP contribution in [0.5, 0.6) is 0 Å². The SMILES string of the molecule is CCN1c2cc(C)c(C=Nc3ccccc3Br)cc2C(C)=CC1(C)C. The molecule has 3 rings (SSSR count). The van der Waals surface area contributed by atoms with E-state index >= 15 is 0 Å². The van der Waals surface area contributed by atoms with E-state index in [1.165, 1.54) is 22.4 Å². The summed E-state index contributed by atoms with van der Waals surface area (Å²) in [5.74, 6) is 0.